The molecule has 0 saturated carbocycles. The lowest BCUT2D eigenvalue weighted by Crippen LogP contribution is -2.29. The van der Waals surface area contributed by atoms with Crippen LogP contribution >= 0.6 is 0 Å². The molecule has 0 aliphatic carbocycles. The van der Waals surface area contributed by atoms with E-state index >= 15 is 0 Å². The zero-order valence-electron chi connectivity index (χ0n) is 13.6. The van der Waals surface area contributed by atoms with E-state index in [9.17, 15) is 12.8 Å². The molecule has 5 heteroatoms. The fraction of sp³-hybridized carbons (Fsp3) is 0.263. The number of allylic oxidation sites excluding steroid dienone is 1. The van der Waals surface area contributed by atoms with Gasteiger partial charge >= 0.3 is 0 Å². The smallest absolute Gasteiger partial charge is 0.206 e. The fourth-order valence-electron chi connectivity index (χ4n) is 2.73. The van der Waals surface area contributed by atoms with Crippen LogP contribution in [-0.2, 0) is 14.6 Å². The molecule has 1 aliphatic rings. The van der Waals surface area contributed by atoms with Crippen LogP contribution < -0.4 is 0 Å². The Kier molecular flexibility index (Phi) is 4.22. The maximum atomic E-state index is 13.1. The first kappa shape index (κ1) is 16.7. The first-order chi connectivity index (χ1) is 11.3. The minimum Gasteiger partial charge on any atom is -0.486 e. The maximum Gasteiger partial charge on any atom is 0.206 e. The first-order valence-electron chi connectivity index (χ1n) is 7.78. The molecule has 0 spiro atoms. The summed E-state index contributed by atoms with van der Waals surface area (Å²) >= 11 is 0. The van der Waals surface area contributed by atoms with Crippen LogP contribution in [0.1, 0.15) is 32.3 Å². The van der Waals surface area contributed by atoms with E-state index in [2.05, 4.69) is 0 Å². The second kappa shape index (κ2) is 6.06. The second-order valence-corrected chi connectivity index (χ2v) is 8.41. The van der Waals surface area contributed by atoms with Gasteiger partial charge in [-0.1, -0.05) is 30.3 Å². The Labute approximate surface area is 141 Å². The fourth-order valence-corrected chi connectivity index (χ4v) is 4.29. The van der Waals surface area contributed by atoms with Crippen LogP contribution in [0.15, 0.2) is 64.4 Å². The van der Waals surface area contributed by atoms with Crippen LogP contribution in [0, 0.1) is 5.82 Å². The summed E-state index contributed by atoms with van der Waals surface area (Å²) in [6.45, 7) is 3.88. The Morgan fingerprint density at radius 2 is 1.62 bits per heavy atom. The molecule has 24 heavy (non-hydrogen) atoms. The molecule has 0 unspecified atom stereocenters. The Bertz CT molecular complexity index is 867. The van der Waals surface area contributed by atoms with Crippen molar-refractivity contribution in [1.29, 1.82) is 0 Å². The van der Waals surface area contributed by atoms with Gasteiger partial charge in [-0.15, -0.1) is 0 Å². The van der Waals surface area contributed by atoms with Crippen LogP contribution in [0.4, 0.5) is 4.39 Å². The standard InChI is InChI=1S/C19H19FO3S/c1-19(2)13-12-17(18(23-19)14-6-4-3-5-7-14)24(21,22)16-10-8-15(20)9-11-16/h3-11H,12-13H2,1-2H3. The van der Waals surface area contributed by atoms with Gasteiger partial charge in [0.25, 0.3) is 0 Å². The number of halogens is 1. The maximum absolute atomic E-state index is 13.1. The normalized spacial score (nSPS) is 17.5. The van der Waals surface area contributed by atoms with Crippen molar-refractivity contribution in [3.63, 3.8) is 0 Å². The van der Waals surface area contributed by atoms with Crippen molar-refractivity contribution < 1.29 is 17.5 Å². The minimum absolute atomic E-state index is 0.0793. The highest BCUT2D eigenvalue weighted by Gasteiger charge is 2.35. The van der Waals surface area contributed by atoms with Gasteiger partial charge in [0.1, 0.15) is 17.2 Å². The van der Waals surface area contributed by atoms with Gasteiger partial charge < -0.3 is 4.74 Å². The summed E-state index contributed by atoms with van der Waals surface area (Å²) in [6.07, 6.45) is 0.982. The van der Waals surface area contributed by atoms with Gasteiger partial charge in [0.15, 0.2) is 0 Å². The van der Waals surface area contributed by atoms with E-state index in [1.165, 1.54) is 12.1 Å². The van der Waals surface area contributed by atoms with E-state index in [1.807, 2.05) is 44.2 Å². The summed E-state index contributed by atoms with van der Waals surface area (Å²) in [4.78, 5) is 0.329. The highest BCUT2D eigenvalue weighted by Crippen LogP contribution is 2.40. The lowest BCUT2D eigenvalue weighted by molar-refractivity contribution is 0.0581. The largest absolute Gasteiger partial charge is 0.486 e. The highest BCUT2D eigenvalue weighted by atomic mass is 32.2. The molecule has 0 atom stereocenters. The summed E-state index contributed by atoms with van der Waals surface area (Å²) < 4.78 is 45.2. The lowest BCUT2D eigenvalue weighted by atomic mass is 9.97. The molecular formula is C19H19FO3S. The Hall–Kier alpha value is -2.14. The van der Waals surface area contributed by atoms with E-state index in [1.54, 1.807) is 0 Å². The Balaban J connectivity index is 2.17. The first-order valence-corrected chi connectivity index (χ1v) is 9.26. The van der Waals surface area contributed by atoms with Gasteiger partial charge in [0.05, 0.1) is 9.80 Å². The molecule has 1 aliphatic heterocycles. The molecule has 2 aromatic carbocycles. The summed E-state index contributed by atoms with van der Waals surface area (Å²) in [7, 11) is -3.74. The van der Waals surface area contributed by atoms with Crippen molar-refractivity contribution in [2.45, 2.75) is 37.2 Å². The van der Waals surface area contributed by atoms with Gasteiger partial charge in [0, 0.05) is 5.56 Å². The third-order valence-corrected chi connectivity index (χ3v) is 6.00. The third kappa shape index (κ3) is 3.22. The van der Waals surface area contributed by atoms with Crippen molar-refractivity contribution >= 4 is 15.6 Å². The molecule has 1 heterocycles. The predicted octanol–water partition coefficient (Wildman–Crippen LogP) is 4.56. The molecule has 2 aromatic rings. The van der Waals surface area contributed by atoms with Crippen LogP contribution in [0.25, 0.3) is 5.76 Å². The predicted molar refractivity (Wildman–Crippen MR) is 91.3 cm³/mol. The number of benzene rings is 2. The summed E-state index contributed by atoms with van der Waals surface area (Å²) in [5.41, 5.74) is 0.290. The number of sulfone groups is 1. The Morgan fingerprint density at radius 3 is 2.25 bits per heavy atom. The molecule has 0 fully saturated rings. The molecule has 0 bridgehead atoms. The third-order valence-electron chi connectivity index (χ3n) is 4.07. The van der Waals surface area contributed by atoms with Crippen LogP contribution in [0.5, 0.6) is 0 Å². The molecule has 3 rings (SSSR count). The van der Waals surface area contributed by atoms with E-state index in [0.29, 0.717) is 18.6 Å². The molecule has 3 nitrogen and oxygen atoms in total. The molecular weight excluding hydrogens is 327 g/mol. The average Bonchev–Trinajstić information content (AvgIpc) is 2.55. The van der Waals surface area contributed by atoms with Crippen molar-refractivity contribution in [3.05, 3.63) is 70.9 Å². The summed E-state index contributed by atoms with van der Waals surface area (Å²) in [5.74, 6) is -0.0802. The molecule has 0 amide bonds. The van der Waals surface area contributed by atoms with E-state index < -0.39 is 21.3 Å². The summed E-state index contributed by atoms with van der Waals surface area (Å²) in [5, 5.41) is 0. The van der Waals surface area contributed by atoms with Crippen molar-refractivity contribution in [1.82, 2.24) is 0 Å². The van der Waals surface area contributed by atoms with E-state index in [4.69, 9.17) is 4.74 Å². The van der Waals surface area contributed by atoms with Crippen LogP contribution in [0.2, 0.25) is 0 Å². The highest BCUT2D eigenvalue weighted by molar-refractivity contribution is 7.95. The average molecular weight is 346 g/mol. The monoisotopic (exact) mass is 346 g/mol. The quantitative estimate of drug-likeness (QED) is 0.765. The summed E-state index contributed by atoms with van der Waals surface area (Å²) in [6, 6.07) is 14.1. The number of hydrogen-bond acceptors (Lipinski definition) is 3. The second-order valence-electron chi connectivity index (χ2n) is 6.44. The SMILES string of the molecule is CC1(C)CCC(S(=O)(=O)c2ccc(F)cc2)=C(c2ccccc2)O1. The zero-order valence-corrected chi connectivity index (χ0v) is 14.4. The van der Waals surface area contributed by atoms with Gasteiger partial charge in [-0.2, -0.15) is 0 Å². The van der Waals surface area contributed by atoms with Crippen LogP contribution in [-0.4, -0.2) is 14.0 Å². The van der Waals surface area contributed by atoms with E-state index in [-0.39, 0.29) is 9.80 Å². The zero-order chi connectivity index (χ0) is 17.4. The number of hydrogen-bond donors (Lipinski definition) is 0. The van der Waals surface area contributed by atoms with E-state index in [0.717, 1.165) is 17.7 Å². The topological polar surface area (TPSA) is 43.4 Å². The van der Waals surface area contributed by atoms with Crippen LogP contribution in [0.3, 0.4) is 0 Å². The Morgan fingerprint density at radius 1 is 1.00 bits per heavy atom. The minimum atomic E-state index is -3.74. The molecule has 0 radical (unpaired) electrons. The molecule has 126 valence electrons. The van der Waals surface area contributed by atoms with Gasteiger partial charge in [0.2, 0.25) is 9.84 Å². The molecule has 0 saturated heterocycles. The lowest BCUT2D eigenvalue weighted by Gasteiger charge is -2.34. The van der Waals surface area contributed by atoms with Crippen molar-refractivity contribution in [2.24, 2.45) is 0 Å². The molecule has 0 N–H and O–H groups in total. The number of rotatable bonds is 3. The number of ether oxygens (including phenoxy) is 1. The van der Waals surface area contributed by atoms with Gasteiger partial charge in [-0.3, -0.25) is 0 Å². The van der Waals surface area contributed by atoms with Crippen molar-refractivity contribution in [3.8, 4) is 0 Å². The molecule has 0 aromatic heterocycles. The van der Waals surface area contributed by atoms with Gasteiger partial charge in [-0.25, -0.2) is 12.8 Å². The van der Waals surface area contributed by atoms with Gasteiger partial charge in [-0.05, 0) is 51.0 Å². The van der Waals surface area contributed by atoms with Crippen molar-refractivity contribution in [2.75, 3.05) is 0 Å².